The van der Waals surface area contributed by atoms with E-state index in [1.165, 1.54) is 23.9 Å². The molecule has 0 saturated heterocycles. The number of fused-ring (bicyclic) bond motifs is 1. The molecule has 1 aromatic heterocycles. The van der Waals surface area contributed by atoms with E-state index in [9.17, 15) is 18.0 Å². The number of aromatic nitrogens is 2. The van der Waals surface area contributed by atoms with Crippen LogP contribution >= 0.6 is 0 Å². The van der Waals surface area contributed by atoms with Crippen molar-refractivity contribution in [1.82, 2.24) is 9.78 Å². The van der Waals surface area contributed by atoms with Gasteiger partial charge in [0.2, 0.25) is 15.9 Å². The molecule has 3 aromatic rings. The molecule has 29 heavy (non-hydrogen) atoms. The Labute approximate surface area is 167 Å². The van der Waals surface area contributed by atoms with Crippen molar-refractivity contribution in [1.29, 1.82) is 0 Å². The smallest absolute Gasteiger partial charge is 0.274 e. The molecule has 0 atom stereocenters. The Kier molecular flexibility index (Phi) is 5.40. The number of carbonyl (C=O) groups is 1. The molecule has 0 saturated carbocycles. The number of nitrogens with one attached hydrogen (secondary N) is 1. The molecule has 0 unspecified atom stereocenters. The number of nitrogens with zero attached hydrogens (tertiary/aromatic N) is 3. The molecule has 0 spiro atoms. The van der Waals surface area contributed by atoms with Gasteiger partial charge < -0.3 is 10.2 Å². The van der Waals surface area contributed by atoms with Gasteiger partial charge in [0, 0.05) is 26.5 Å². The number of amides is 1. The monoisotopic (exact) mass is 415 g/mol. The van der Waals surface area contributed by atoms with Gasteiger partial charge in [0.05, 0.1) is 33.8 Å². The summed E-state index contributed by atoms with van der Waals surface area (Å²) in [5, 5.41) is 13.2. The number of rotatable bonds is 5. The maximum absolute atomic E-state index is 12.7. The lowest BCUT2D eigenvalue weighted by atomic mass is 10.1. The fraction of sp³-hybridized carbons (Fsp3) is 0.211. The van der Waals surface area contributed by atoms with E-state index >= 15 is 0 Å². The van der Waals surface area contributed by atoms with Crippen LogP contribution in [-0.2, 0) is 28.3 Å². The number of benzene rings is 2. The maximum Gasteiger partial charge on any atom is 0.274 e. The molecule has 152 valence electrons. The molecule has 3 rings (SSSR count). The van der Waals surface area contributed by atoms with E-state index in [1.807, 2.05) is 0 Å². The van der Waals surface area contributed by atoms with Gasteiger partial charge in [0.25, 0.3) is 5.56 Å². The van der Waals surface area contributed by atoms with Crippen LogP contribution in [0.1, 0.15) is 5.69 Å². The summed E-state index contributed by atoms with van der Waals surface area (Å²) in [5.41, 5.74) is 1.11. The SMILES string of the molecule is CN(C)c1ccc(S(N)(=O)=O)cc1NC(=O)Cc1nn(C)c(=O)c2ccccc12. The molecule has 1 heterocycles. The first-order valence-corrected chi connectivity index (χ1v) is 10.2. The predicted molar refractivity (Wildman–Crippen MR) is 111 cm³/mol. The Morgan fingerprint density at radius 1 is 1.17 bits per heavy atom. The standard InChI is InChI=1S/C19H21N5O4S/c1-23(2)17-9-8-12(29(20,27)28)10-16(17)21-18(25)11-15-13-6-4-5-7-14(13)19(26)24(3)22-15/h4-10H,11H2,1-3H3,(H,21,25)(H2,20,27,28). The van der Waals surface area contributed by atoms with Gasteiger partial charge in [0.15, 0.2) is 0 Å². The zero-order valence-electron chi connectivity index (χ0n) is 16.2. The molecule has 0 fully saturated rings. The number of aryl methyl sites for hydroxylation is 1. The first-order valence-electron chi connectivity index (χ1n) is 8.67. The molecule has 0 bridgehead atoms. The second-order valence-corrected chi connectivity index (χ2v) is 8.33. The molecular formula is C19H21N5O4S. The molecule has 9 nitrogen and oxygen atoms in total. The van der Waals surface area contributed by atoms with Gasteiger partial charge in [-0.15, -0.1) is 0 Å². The second kappa shape index (κ2) is 7.64. The molecule has 0 aliphatic carbocycles. The van der Waals surface area contributed by atoms with Crippen LogP contribution in [0.2, 0.25) is 0 Å². The lowest BCUT2D eigenvalue weighted by molar-refractivity contribution is -0.115. The second-order valence-electron chi connectivity index (χ2n) is 6.76. The van der Waals surface area contributed by atoms with Crippen molar-refractivity contribution in [3.63, 3.8) is 0 Å². The number of sulfonamides is 1. The van der Waals surface area contributed by atoms with Crippen LogP contribution in [0.5, 0.6) is 0 Å². The Morgan fingerprint density at radius 3 is 2.45 bits per heavy atom. The maximum atomic E-state index is 12.7. The summed E-state index contributed by atoms with van der Waals surface area (Å²) in [6.07, 6.45) is -0.0961. The van der Waals surface area contributed by atoms with Crippen molar-refractivity contribution in [3.05, 3.63) is 58.5 Å². The van der Waals surface area contributed by atoms with Crippen LogP contribution in [0.3, 0.4) is 0 Å². The first-order chi connectivity index (χ1) is 13.6. The number of carbonyl (C=O) groups excluding carboxylic acids is 1. The van der Waals surface area contributed by atoms with Crippen LogP contribution in [0, 0.1) is 0 Å². The van der Waals surface area contributed by atoms with Gasteiger partial charge in [-0.1, -0.05) is 18.2 Å². The van der Waals surface area contributed by atoms with Gasteiger partial charge in [-0.25, -0.2) is 18.2 Å². The third-order valence-electron chi connectivity index (χ3n) is 4.41. The molecule has 0 aliphatic rings. The lowest BCUT2D eigenvalue weighted by Gasteiger charge is -2.19. The van der Waals surface area contributed by atoms with E-state index < -0.39 is 15.9 Å². The van der Waals surface area contributed by atoms with Crippen LogP contribution in [0.4, 0.5) is 11.4 Å². The van der Waals surface area contributed by atoms with Crippen molar-refractivity contribution in [2.75, 3.05) is 24.3 Å². The van der Waals surface area contributed by atoms with Crippen LogP contribution < -0.4 is 20.9 Å². The summed E-state index contributed by atoms with van der Waals surface area (Å²) in [6, 6.07) is 11.2. The minimum Gasteiger partial charge on any atom is -0.376 e. The van der Waals surface area contributed by atoms with Crippen molar-refractivity contribution >= 4 is 38.1 Å². The zero-order chi connectivity index (χ0) is 21.3. The Morgan fingerprint density at radius 2 is 1.83 bits per heavy atom. The highest BCUT2D eigenvalue weighted by Crippen LogP contribution is 2.27. The predicted octanol–water partition coefficient (Wildman–Crippen LogP) is 0.828. The minimum absolute atomic E-state index is 0.0961. The van der Waals surface area contributed by atoms with Crippen molar-refractivity contribution < 1.29 is 13.2 Å². The van der Waals surface area contributed by atoms with Gasteiger partial charge in [-0.2, -0.15) is 5.10 Å². The summed E-state index contributed by atoms with van der Waals surface area (Å²) in [7, 11) is 1.14. The summed E-state index contributed by atoms with van der Waals surface area (Å²) < 4.78 is 24.5. The third kappa shape index (κ3) is 4.28. The molecule has 3 N–H and O–H groups in total. The molecular weight excluding hydrogens is 394 g/mol. The molecule has 0 aliphatic heterocycles. The molecule has 1 amide bonds. The number of hydrogen-bond donors (Lipinski definition) is 2. The number of hydrogen-bond acceptors (Lipinski definition) is 6. The van der Waals surface area contributed by atoms with E-state index in [0.29, 0.717) is 27.8 Å². The molecule has 10 heteroatoms. The van der Waals surface area contributed by atoms with E-state index in [0.717, 1.165) is 0 Å². The largest absolute Gasteiger partial charge is 0.376 e. The Hall–Kier alpha value is -3.24. The van der Waals surface area contributed by atoms with Crippen molar-refractivity contribution in [2.45, 2.75) is 11.3 Å². The van der Waals surface area contributed by atoms with Crippen LogP contribution in [0.15, 0.2) is 52.2 Å². The third-order valence-corrected chi connectivity index (χ3v) is 5.32. The van der Waals surface area contributed by atoms with E-state index in [4.69, 9.17) is 5.14 Å². The van der Waals surface area contributed by atoms with Crippen LogP contribution in [-0.4, -0.2) is 38.2 Å². The average molecular weight is 415 g/mol. The normalized spacial score (nSPS) is 11.4. The van der Waals surface area contributed by atoms with Gasteiger partial charge in [-0.3, -0.25) is 9.59 Å². The van der Waals surface area contributed by atoms with Crippen LogP contribution in [0.25, 0.3) is 10.8 Å². The summed E-state index contributed by atoms with van der Waals surface area (Å²) in [4.78, 5) is 26.6. The van der Waals surface area contributed by atoms with Gasteiger partial charge >= 0.3 is 0 Å². The zero-order valence-corrected chi connectivity index (χ0v) is 17.0. The minimum atomic E-state index is -3.92. The average Bonchev–Trinajstić information content (AvgIpc) is 2.65. The summed E-state index contributed by atoms with van der Waals surface area (Å²) >= 11 is 0. The molecule has 0 radical (unpaired) electrons. The van der Waals surface area contributed by atoms with E-state index in [1.54, 1.807) is 49.3 Å². The van der Waals surface area contributed by atoms with Gasteiger partial charge in [0.1, 0.15) is 0 Å². The summed E-state index contributed by atoms with van der Waals surface area (Å²) in [6.45, 7) is 0. The fourth-order valence-corrected chi connectivity index (χ4v) is 3.58. The van der Waals surface area contributed by atoms with Crippen molar-refractivity contribution in [2.24, 2.45) is 12.2 Å². The highest BCUT2D eigenvalue weighted by molar-refractivity contribution is 7.89. The lowest BCUT2D eigenvalue weighted by Crippen LogP contribution is -2.24. The number of primary sulfonamides is 1. The number of nitrogens with two attached hydrogens (primary N) is 1. The first kappa shape index (κ1) is 20.5. The summed E-state index contributed by atoms with van der Waals surface area (Å²) in [5.74, 6) is -0.407. The fourth-order valence-electron chi connectivity index (χ4n) is 3.04. The quantitative estimate of drug-likeness (QED) is 0.635. The van der Waals surface area contributed by atoms with Crippen molar-refractivity contribution in [3.8, 4) is 0 Å². The Balaban J connectivity index is 1.97. The highest BCUT2D eigenvalue weighted by atomic mass is 32.2. The number of anilines is 2. The topological polar surface area (TPSA) is 127 Å². The molecule has 2 aromatic carbocycles. The Bertz CT molecular complexity index is 1270. The van der Waals surface area contributed by atoms with Gasteiger partial charge in [-0.05, 0) is 24.3 Å². The van der Waals surface area contributed by atoms with E-state index in [-0.39, 0.29) is 16.9 Å². The van der Waals surface area contributed by atoms with E-state index in [2.05, 4.69) is 10.4 Å². The highest BCUT2D eigenvalue weighted by Gasteiger charge is 2.17.